The smallest absolute Gasteiger partial charge is 0.315 e. The normalized spacial score (nSPS) is 19.6. The number of carbonyl (C=O) groups is 1. The summed E-state index contributed by atoms with van der Waals surface area (Å²) < 4.78 is 0. The van der Waals surface area contributed by atoms with Gasteiger partial charge in [-0.3, -0.25) is 0 Å². The van der Waals surface area contributed by atoms with Crippen LogP contribution in [0.3, 0.4) is 0 Å². The molecule has 0 spiro atoms. The van der Waals surface area contributed by atoms with Crippen LogP contribution in [0.15, 0.2) is 0 Å². The number of rotatable bonds is 4. The summed E-state index contributed by atoms with van der Waals surface area (Å²) in [6, 6.07) is 0.0134. The van der Waals surface area contributed by atoms with Crippen molar-refractivity contribution in [3.8, 4) is 0 Å². The number of amides is 2. The quantitative estimate of drug-likeness (QED) is 0.533. The molecule has 0 bridgehead atoms. The van der Waals surface area contributed by atoms with Gasteiger partial charge in [0.2, 0.25) is 0 Å². The Balaban J connectivity index is 2.11. The van der Waals surface area contributed by atoms with Crippen molar-refractivity contribution in [2.45, 2.75) is 44.2 Å². The number of aliphatic hydroxyl groups excluding tert-OH is 2. The lowest BCUT2D eigenvalue weighted by molar-refractivity contribution is 0.0957. The maximum Gasteiger partial charge on any atom is 0.315 e. The van der Waals surface area contributed by atoms with E-state index in [0.29, 0.717) is 0 Å². The molecule has 0 unspecified atom stereocenters. The first-order valence-electron chi connectivity index (χ1n) is 5.55. The number of carbonyl (C=O) groups excluding carboxylic acids is 1. The van der Waals surface area contributed by atoms with Crippen LogP contribution >= 0.6 is 0 Å². The van der Waals surface area contributed by atoms with Gasteiger partial charge in [-0.15, -0.1) is 0 Å². The molecule has 0 aromatic heterocycles. The molecule has 1 rings (SSSR count). The molecule has 5 nitrogen and oxygen atoms in total. The summed E-state index contributed by atoms with van der Waals surface area (Å²) in [7, 11) is 0. The highest BCUT2D eigenvalue weighted by Crippen LogP contribution is 2.16. The minimum atomic E-state index is -0.873. The van der Waals surface area contributed by atoms with Gasteiger partial charge in [-0.2, -0.15) is 0 Å². The molecule has 4 N–H and O–H groups in total. The monoisotopic (exact) mass is 216 g/mol. The minimum Gasteiger partial charge on any atom is -0.394 e. The van der Waals surface area contributed by atoms with Gasteiger partial charge in [0.25, 0.3) is 0 Å². The van der Waals surface area contributed by atoms with Crippen molar-refractivity contribution in [1.82, 2.24) is 10.6 Å². The van der Waals surface area contributed by atoms with Gasteiger partial charge in [0, 0.05) is 12.6 Å². The fraction of sp³-hybridized carbons (Fsp3) is 0.900. The van der Waals surface area contributed by atoms with Gasteiger partial charge in [-0.1, -0.05) is 19.3 Å². The molecule has 15 heavy (non-hydrogen) atoms. The second-order valence-corrected chi connectivity index (χ2v) is 4.03. The number of nitrogens with one attached hydrogen (secondary N) is 2. The molecular formula is C10H20N2O3. The third-order valence-electron chi connectivity index (χ3n) is 2.65. The Bertz CT molecular complexity index is 193. The molecule has 1 aliphatic rings. The molecule has 5 heteroatoms. The third-order valence-corrected chi connectivity index (χ3v) is 2.65. The van der Waals surface area contributed by atoms with Gasteiger partial charge in [-0.25, -0.2) is 4.79 Å². The van der Waals surface area contributed by atoms with Crippen LogP contribution in [0.5, 0.6) is 0 Å². The van der Waals surface area contributed by atoms with Crippen LogP contribution in [0.4, 0.5) is 4.79 Å². The summed E-state index contributed by atoms with van der Waals surface area (Å²) in [5.41, 5.74) is 0. The molecular weight excluding hydrogens is 196 g/mol. The third kappa shape index (κ3) is 4.99. The predicted octanol–water partition coefficient (Wildman–Crippen LogP) is -0.0285. The van der Waals surface area contributed by atoms with Crippen molar-refractivity contribution < 1.29 is 15.0 Å². The van der Waals surface area contributed by atoms with Gasteiger partial charge in [0.15, 0.2) is 0 Å². The molecule has 0 saturated heterocycles. The van der Waals surface area contributed by atoms with Gasteiger partial charge in [0.05, 0.1) is 12.7 Å². The van der Waals surface area contributed by atoms with E-state index in [1.807, 2.05) is 0 Å². The summed E-state index contributed by atoms with van der Waals surface area (Å²) in [5, 5.41) is 22.9. The standard InChI is InChI=1S/C10H20N2O3/c13-7-9(14)6-11-10(15)12-8-4-2-1-3-5-8/h8-9,13-14H,1-7H2,(H2,11,12,15)/t9-/m1/s1. The van der Waals surface area contributed by atoms with Crippen molar-refractivity contribution in [2.75, 3.05) is 13.2 Å². The largest absolute Gasteiger partial charge is 0.394 e. The van der Waals surface area contributed by atoms with Crippen molar-refractivity contribution in [3.63, 3.8) is 0 Å². The summed E-state index contributed by atoms with van der Waals surface area (Å²) in [6.07, 6.45) is 4.80. The zero-order valence-corrected chi connectivity index (χ0v) is 8.91. The van der Waals surface area contributed by atoms with Crippen molar-refractivity contribution in [3.05, 3.63) is 0 Å². The second kappa shape index (κ2) is 6.63. The first-order valence-corrected chi connectivity index (χ1v) is 5.55. The van der Waals surface area contributed by atoms with E-state index >= 15 is 0 Å². The highest BCUT2D eigenvalue weighted by Gasteiger charge is 2.15. The van der Waals surface area contributed by atoms with Crippen molar-refractivity contribution in [2.24, 2.45) is 0 Å². The Labute approximate surface area is 89.9 Å². The van der Waals surface area contributed by atoms with Crippen molar-refractivity contribution in [1.29, 1.82) is 0 Å². The molecule has 1 saturated carbocycles. The minimum absolute atomic E-state index is 0.0923. The van der Waals surface area contributed by atoms with Crippen LogP contribution < -0.4 is 10.6 Å². The van der Waals surface area contributed by atoms with E-state index < -0.39 is 6.10 Å². The SMILES string of the molecule is O=C(NC[C@@H](O)CO)NC1CCCCC1. The van der Waals surface area contributed by atoms with E-state index in [0.717, 1.165) is 12.8 Å². The van der Waals surface area contributed by atoms with Crippen LogP contribution in [0.1, 0.15) is 32.1 Å². The summed E-state index contributed by atoms with van der Waals surface area (Å²) in [5.74, 6) is 0. The molecule has 0 heterocycles. The Hall–Kier alpha value is -0.810. The van der Waals surface area contributed by atoms with Crippen molar-refractivity contribution >= 4 is 6.03 Å². The molecule has 1 fully saturated rings. The highest BCUT2D eigenvalue weighted by molar-refractivity contribution is 5.74. The van der Waals surface area contributed by atoms with E-state index in [-0.39, 0.29) is 25.2 Å². The first-order chi connectivity index (χ1) is 7.22. The molecule has 88 valence electrons. The zero-order chi connectivity index (χ0) is 11.1. The Morgan fingerprint density at radius 1 is 1.33 bits per heavy atom. The van der Waals surface area contributed by atoms with E-state index in [4.69, 9.17) is 10.2 Å². The molecule has 0 aromatic carbocycles. The number of hydrogen-bond acceptors (Lipinski definition) is 3. The van der Waals surface area contributed by atoms with Gasteiger partial charge in [-0.05, 0) is 12.8 Å². The zero-order valence-electron chi connectivity index (χ0n) is 8.91. The van der Waals surface area contributed by atoms with Crippen LogP contribution in [0.25, 0.3) is 0 Å². The summed E-state index contributed by atoms with van der Waals surface area (Å²) in [4.78, 5) is 11.3. The van der Waals surface area contributed by atoms with E-state index in [1.54, 1.807) is 0 Å². The van der Waals surface area contributed by atoms with Gasteiger partial charge in [0.1, 0.15) is 0 Å². The molecule has 0 aromatic rings. The number of aliphatic hydroxyl groups is 2. The maximum atomic E-state index is 11.3. The number of hydrogen-bond donors (Lipinski definition) is 4. The number of urea groups is 1. The Morgan fingerprint density at radius 3 is 2.60 bits per heavy atom. The molecule has 2 amide bonds. The van der Waals surface area contributed by atoms with Crippen LogP contribution in [0.2, 0.25) is 0 Å². The molecule has 1 aliphatic carbocycles. The lowest BCUT2D eigenvalue weighted by atomic mass is 9.96. The summed E-state index contributed by atoms with van der Waals surface area (Å²) in [6.45, 7) is -0.237. The Kier molecular flexibility index (Phi) is 5.42. The second-order valence-electron chi connectivity index (χ2n) is 4.03. The fourth-order valence-electron chi connectivity index (χ4n) is 1.76. The lowest BCUT2D eigenvalue weighted by Crippen LogP contribution is -2.45. The lowest BCUT2D eigenvalue weighted by Gasteiger charge is -2.23. The van der Waals surface area contributed by atoms with Crippen LogP contribution in [-0.4, -0.2) is 41.5 Å². The fourth-order valence-corrected chi connectivity index (χ4v) is 1.76. The van der Waals surface area contributed by atoms with Gasteiger partial charge < -0.3 is 20.8 Å². The highest BCUT2D eigenvalue weighted by atomic mass is 16.3. The van der Waals surface area contributed by atoms with Gasteiger partial charge >= 0.3 is 6.03 Å². The van der Waals surface area contributed by atoms with E-state index in [1.165, 1.54) is 19.3 Å². The molecule has 1 atom stereocenters. The topological polar surface area (TPSA) is 81.6 Å². The molecule has 0 aliphatic heterocycles. The Morgan fingerprint density at radius 2 is 2.00 bits per heavy atom. The maximum absolute atomic E-state index is 11.3. The average molecular weight is 216 g/mol. The molecule has 0 radical (unpaired) electrons. The average Bonchev–Trinajstić information content (AvgIpc) is 2.27. The van der Waals surface area contributed by atoms with E-state index in [2.05, 4.69) is 10.6 Å². The van der Waals surface area contributed by atoms with Crippen LogP contribution in [0, 0.1) is 0 Å². The predicted molar refractivity (Wildman–Crippen MR) is 56.5 cm³/mol. The van der Waals surface area contributed by atoms with E-state index in [9.17, 15) is 4.79 Å². The first kappa shape index (κ1) is 12.3. The van der Waals surface area contributed by atoms with Crippen LogP contribution in [-0.2, 0) is 0 Å². The summed E-state index contributed by atoms with van der Waals surface area (Å²) >= 11 is 0.